The Morgan fingerprint density at radius 1 is 1.25 bits per heavy atom. The molecule has 1 heterocycles. The van der Waals surface area contributed by atoms with Gasteiger partial charge in [-0.25, -0.2) is 0 Å². The second kappa shape index (κ2) is 15.3. The summed E-state index contributed by atoms with van der Waals surface area (Å²) in [4.78, 5) is 24.3. The van der Waals surface area contributed by atoms with E-state index in [2.05, 4.69) is 13.8 Å². The summed E-state index contributed by atoms with van der Waals surface area (Å²) in [5.41, 5.74) is -0.625. The van der Waals surface area contributed by atoms with E-state index in [-0.39, 0.29) is 43.1 Å². The van der Waals surface area contributed by atoms with Crippen LogP contribution >= 0.6 is 0 Å². The van der Waals surface area contributed by atoms with Gasteiger partial charge in [0, 0.05) is 25.9 Å². The number of rotatable bonds is 10. The van der Waals surface area contributed by atoms with Crippen LogP contribution in [0.2, 0.25) is 0 Å². The first-order chi connectivity index (χ1) is 18.7. The zero-order chi connectivity index (χ0) is 30.2. The third kappa shape index (κ3) is 9.82. The highest BCUT2D eigenvalue weighted by Crippen LogP contribution is 2.49. The van der Waals surface area contributed by atoms with Crippen LogP contribution in [0.5, 0.6) is 0 Å². The number of aliphatic hydroxyl groups excluding tert-OH is 2. The number of ether oxygens (including phenoxy) is 3. The van der Waals surface area contributed by atoms with Crippen molar-refractivity contribution >= 4 is 11.9 Å². The second-order valence-electron chi connectivity index (χ2n) is 12.2. The van der Waals surface area contributed by atoms with Crippen LogP contribution in [0.4, 0.5) is 0 Å². The molecule has 2 aliphatic rings. The minimum Gasteiger partial charge on any atom is -0.457 e. The number of allylic oxidation sites excluding steroid dienone is 2. The highest BCUT2D eigenvalue weighted by atomic mass is 16.6. The molecule has 1 fully saturated rings. The number of hydrogen-bond acceptors (Lipinski definition) is 8. The molecule has 3 N–H and O–H groups in total. The van der Waals surface area contributed by atoms with Crippen LogP contribution in [-0.4, -0.2) is 70.5 Å². The highest BCUT2D eigenvalue weighted by Gasteiger charge is 2.48. The standard InChI is InChI=1S/C32H52O8/c1-9-27(38-8)22(5)25-18-26(25)30(36)19(2)11-10-12-20(3)31-21(4)13-14-28(39-23(6)33)32(7,37)16-15-24(34)17-29(35)40-31/h10-14,19,21-22,24-28,30-31,34,36-37H,9,15-18H2,1-8H3/b11-10+,14-13+,20-12+/t19-,21+,22+,24-,25+,26+,27+,28+,30+,31-,32-/m1/s1. The van der Waals surface area contributed by atoms with Crippen LogP contribution in [-0.2, 0) is 23.8 Å². The van der Waals surface area contributed by atoms with E-state index in [0.717, 1.165) is 18.4 Å². The number of carbonyl (C=O) groups excluding carboxylic acids is 2. The Kier molecular flexibility index (Phi) is 13.1. The summed E-state index contributed by atoms with van der Waals surface area (Å²) in [6, 6.07) is 0. The molecule has 1 saturated carbocycles. The normalized spacial score (nSPS) is 36.0. The Labute approximate surface area is 240 Å². The summed E-state index contributed by atoms with van der Waals surface area (Å²) < 4.78 is 16.8. The molecule has 0 saturated heterocycles. The van der Waals surface area contributed by atoms with Crippen molar-refractivity contribution in [2.45, 2.75) is 117 Å². The molecule has 1 aliphatic carbocycles. The fourth-order valence-corrected chi connectivity index (χ4v) is 5.87. The van der Waals surface area contributed by atoms with Gasteiger partial charge in [-0.05, 0) is 68.9 Å². The molecule has 0 amide bonds. The SMILES string of the molecule is CC[C@H](OC)[C@@H](C)[C@@H]1C[C@@H]1[C@@H](O)[C@H](C)/C=C/C=C(\C)[C@H]1OC(=O)C[C@H](O)CC[C@@](C)(O)[C@@H](OC(C)=O)/C=C/[C@@H]1C. The van der Waals surface area contributed by atoms with E-state index in [1.165, 1.54) is 6.92 Å². The molecular weight excluding hydrogens is 512 g/mol. The average Bonchev–Trinajstić information content (AvgIpc) is 3.68. The molecule has 8 nitrogen and oxygen atoms in total. The van der Waals surface area contributed by atoms with E-state index < -0.39 is 42.0 Å². The molecule has 8 heteroatoms. The molecule has 0 aromatic carbocycles. The molecule has 2 rings (SSSR count). The topological polar surface area (TPSA) is 123 Å². The van der Waals surface area contributed by atoms with Gasteiger partial charge in [-0.15, -0.1) is 0 Å². The van der Waals surface area contributed by atoms with Gasteiger partial charge in [0.15, 0.2) is 0 Å². The minimum absolute atomic E-state index is 0.0492. The molecular formula is C32H52O8. The third-order valence-corrected chi connectivity index (χ3v) is 8.68. The lowest BCUT2D eigenvalue weighted by Gasteiger charge is -2.32. The molecule has 0 spiro atoms. The summed E-state index contributed by atoms with van der Waals surface area (Å²) >= 11 is 0. The first-order valence-electron chi connectivity index (χ1n) is 14.7. The monoisotopic (exact) mass is 564 g/mol. The Hall–Kier alpha value is -2.00. The Morgan fingerprint density at radius 3 is 2.52 bits per heavy atom. The Morgan fingerprint density at radius 2 is 1.93 bits per heavy atom. The van der Waals surface area contributed by atoms with Crippen molar-refractivity contribution in [3.8, 4) is 0 Å². The Balaban J connectivity index is 2.16. The first-order valence-corrected chi connectivity index (χ1v) is 14.7. The number of methoxy groups -OCH3 is 1. The van der Waals surface area contributed by atoms with Crippen LogP contribution in [0.25, 0.3) is 0 Å². The van der Waals surface area contributed by atoms with Crippen molar-refractivity contribution in [1.82, 2.24) is 0 Å². The molecule has 0 bridgehead atoms. The van der Waals surface area contributed by atoms with Gasteiger partial charge in [0.05, 0.1) is 24.7 Å². The van der Waals surface area contributed by atoms with Crippen molar-refractivity contribution in [3.05, 3.63) is 36.0 Å². The van der Waals surface area contributed by atoms with Crippen molar-refractivity contribution in [3.63, 3.8) is 0 Å². The molecule has 0 aromatic rings. The minimum atomic E-state index is -1.41. The summed E-state index contributed by atoms with van der Waals surface area (Å²) in [6.45, 7) is 12.9. The lowest BCUT2D eigenvalue weighted by Crippen LogP contribution is -2.42. The van der Waals surface area contributed by atoms with E-state index in [1.54, 1.807) is 26.2 Å². The molecule has 0 radical (unpaired) electrons. The van der Waals surface area contributed by atoms with E-state index >= 15 is 0 Å². The lowest BCUT2D eigenvalue weighted by molar-refractivity contribution is -0.157. The predicted molar refractivity (Wildman–Crippen MR) is 154 cm³/mol. The number of cyclic esters (lactones) is 1. The fraction of sp³-hybridized carbons (Fsp3) is 0.750. The summed E-state index contributed by atoms with van der Waals surface area (Å²) in [7, 11) is 1.75. The van der Waals surface area contributed by atoms with Gasteiger partial charge in [-0.2, -0.15) is 0 Å². The van der Waals surface area contributed by atoms with Gasteiger partial charge in [0.1, 0.15) is 17.8 Å². The zero-order valence-electron chi connectivity index (χ0n) is 25.6. The van der Waals surface area contributed by atoms with E-state index in [9.17, 15) is 24.9 Å². The van der Waals surface area contributed by atoms with Crippen LogP contribution < -0.4 is 0 Å². The highest BCUT2D eigenvalue weighted by molar-refractivity contribution is 5.70. The first kappa shape index (κ1) is 34.2. The Bertz CT molecular complexity index is 918. The molecule has 0 unspecified atom stereocenters. The van der Waals surface area contributed by atoms with Crippen molar-refractivity contribution in [1.29, 1.82) is 0 Å². The van der Waals surface area contributed by atoms with Gasteiger partial charge >= 0.3 is 11.9 Å². The van der Waals surface area contributed by atoms with Crippen molar-refractivity contribution < 1.29 is 39.1 Å². The molecule has 228 valence electrons. The maximum Gasteiger partial charge on any atom is 0.309 e. The van der Waals surface area contributed by atoms with Crippen LogP contribution in [0.3, 0.4) is 0 Å². The summed E-state index contributed by atoms with van der Waals surface area (Å²) in [5.74, 6) is -0.272. The number of esters is 2. The second-order valence-corrected chi connectivity index (χ2v) is 12.2. The smallest absolute Gasteiger partial charge is 0.309 e. The third-order valence-electron chi connectivity index (χ3n) is 8.68. The summed E-state index contributed by atoms with van der Waals surface area (Å²) in [6.07, 6.45) is 8.42. The molecule has 11 atom stereocenters. The van der Waals surface area contributed by atoms with Crippen molar-refractivity contribution in [2.75, 3.05) is 7.11 Å². The van der Waals surface area contributed by atoms with E-state index in [0.29, 0.717) is 11.8 Å². The van der Waals surface area contributed by atoms with Crippen LogP contribution in [0, 0.1) is 29.6 Å². The lowest BCUT2D eigenvalue weighted by atomic mass is 9.88. The average molecular weight is 565 g/mol. The van der Waals surface area contributed by atoms with Gasteiger partial charge in [0.25, 0.3) is 0 Å². The maximum atomic E-state index is 12.6. The van der Waals surface area contributed by atoms with E-state index in [1.807, 2.05) is 39.0 Å². The number of aliphatic hydroxyl groups is 3. The number of hydrogen-bond donors (Lipinski definition) is 3. The van der Waals surface area contributed by atoms with Gasteiger partial charge in [-0.1, -0.05) is 52.0 Å². The van der Waals surface area contributed by atoms with Crippen LogP contribution in [0.15, 0.2) is 36.0 Å². The van der Waals surface area contributed by atoms with Crippen LogP contribution in [0.1, 0.15) is 80.6 Å². The van der Waals surface area contributed by atoms with E-state index in [4.69, 9.17) is 14.2 Å². The molecule has 1 aliphatic heterocycles. The largest absolute Gasteiger partial charge is 0.457 e. The summed E-state index contributed by atoms with van der Waals surface area (Å²) in [5, 5.41) is 32.3. The number of carbonyl (C=O) groups is 2. The van der Waals surface area contributed by atoms with Gasteiger partial charge < -0.3 is 29.5 Å². The van der Waals surface area contributed by atoms with Gasteiger partial charge in [-0.3, -0.25) is 9.59 Å². The molecule has 0 aromatic heterocycles. The van der Waals surface area contributed by atoms with Gasteiger partial charge in [0.2, 0.25) is 0 Å². The zero-order valence-corrected chi connectivity index (χ0v) is 25.6. The predicted octanol–water partition coefficient (Wildman–Crippen LogP) is 4.51. The fourth-order valence-electron chi connectivity index (χ4n) is 5.87. The molecule has 40 heavy (non-hydrogen) atoms. The van der Waals surface area contributed by atoms with Crippen molar-refractivity contribution in [2.24, 2.45) is 29.6 Å². The maximum absolute atomic E-state index is 12.6. The quantitative estimate of drug-likeness (QED) is 0.201.